The normalized spacial score (nSPS) is 11.2. The second kappa shape index (κ2) is 7.09. The van der Waals surface area contributed by atoms with E-state index in [2.05, 4.69) is 5.32 Å². The van der Waals surface area contributed by atoms with Crippen molar-refractivity contribution in [2.45, 2.75) is 32.8 Å². The monoisotopic (exact) mass is 282 g/mol. The fourth-order valence-electron chi connectivity index (χ4n) is 1.67. The summed E-state index contributed by atoms with van der Waals surface area (Å²) in [7, 11) is 1.65. The third-order valence-corrected chi connectivity index (χ3v) is 3.07. The lowest BCUT2D eigenvalue weighted by atomic mass is 10.1. The van der Waals surface area contributed by atoms with E-state index in [0.29, 0.717) is 24.6 Å². The van der Waals surface area contributed by atoms with E-state index in [9.17, 15) is 10.1 Å². The molecule has 6 heteroatoms. The van der Waals surface area contributed by atoms with Crippen LogP contribution in [0.15, 0.2) is 18.2 Å². The van der Waals surface area contributed by atoms with Crippen molar-refractivity contribution in [1.82, 2.24) is 0 Å². The van der Waals surface area contributed by atoms with Crippen LogP contribution in [-0.4, -0.2) is 30.8 Å². The van der Waals surface area contributed by atoms with Gasteiger partial charge < -0.3 is 14.8 Å². The van der Waals surface area contributed by atoms with Crippen molar-refractivity contribution in [1.29, 1.82) is 0 Å². The lowest BCUT2D eigenvalue weighted by Crippen LogP contribution is -2.25. The average Bonchev–Trinajstić information content (AvgIpc) is 2.40. The zero-order valence-electron chi connectivity index (χ0n) is 12.4. The molecule has 1 aromatic carbocycles. The lowest BCUT2D eigenvalue weighted by molar-refractivity contribution is -0.384. The Morgan fingerprint density at radius 3 is 2.65 bits per heavy atom. The van der Waals surface area contributed by atoms with E-state index in [1.54, 1.807) is 19.2 Å². The molecule has 0 saturated heterocycles. The van der Waals surface area contributed by atoms with Crippen LogP contribution >= 0.6 is 0 Å². The molecule has 0 aromatic heterocycles. The van der Waals surface area contributed by atoms with Gasteiger partial charge in [0.1, 0.15) is 11.4 Å². The Balaban J connectivity index is 2.76. The summed E-state index contributed by atoms with van der Waals surface area (Å²) < 4.78 is 10.6. The number of anilines is 1. The molecular formula is C14H22N2O4. The predicted octanol–water partition coefficient (Wildman–Crippen LogP) is 3.22. The molecule has 0 bridgehead atoms. The first-order valence-electron chi connectivity index (χ1n) is 6.60. The number of rotatable bonds is 8. The molecule has 1 rings (SSSR count). The Morgan fingerprint density at radius 2 is 2.10 bits per heavy atom. The first-order chi connectivity index (χ1) is 9.39. The predicted molar refractivity (Wildman–Crippen MR) is 78.5 cm³/mol. The van der Waals surface area contributed by atoms with Crippen molar-refractivity contribution < 1.29 is 14.4 Å². The van der Waals surface area contributed by atoms with Gasteiger partial charge in [-0.05, 0) is 39.3 Å². The number of nitrogens with zero attached hydrogens (tertiary/aromatic N) is 1. The second-order valence-corrected chi connectivity index (χ2v) is 5.01. The Bertz CT molecular complexity index is 460. The van der Waals surface area contributed by atoms with Gasteiger partial charge in [-0.2, -0.15) is 0 Å². The molecule has 0 saturated carbocycles. The van der Waals surface area contributed by atoms with Gasteiger partial charge in [0.05, 0.1) is 23.2 Å². The summed E-state index contributed by atoms with van der Waals surface area (Å²) in [5.74, 6) is 0.502. The van der Waals surface area contributed by atoms with Crippen molar-refractivity contribution in [2.24, 2.45) is 0 Å². The van der Waals surface area contributed by atoms with Gasteiger partial charge in [0.15, 0.2) is 0 Å². The van der Waals surface area contributed by atoms with Crippen LogP contribution in [0.1, 0.15) is 27.2 Å². The van der Waals surface area contributed by atoms with Gasteiger partial charge in [0, 0.05) is 13.7 Å². The topological polar surface area (TPSA) is 73.6 Å². The maximum absolute atomic E-state index is 11.1. The molecule has 1 N–H and O–H groups in total. The molecule has 0 heterocycles. The third kappa shape index (κ3) is 4.70. The van der Waals surface area contributed by atoms with Gasteiger partial charge in [-0.1, -0.05) is 0 Å². The van der Waals surface area contributed by atoms with Crippen LogP contribution in [0.2, 0.25) is 0 Å². The molecule has 0 radical (unpaired) electrons. The first kappa shape index (κ1) is 16.2. The maximum Gasteiger partial charge on any atom is 0.296 e. The standard InChI is InChI=1S/C14H22N2O4/c1-5-20-11-6-7-12(13(10-11)16(17)18)15-9-8-14(2,3)19-4/h6-7,10,15H,5,8-9H2,1-4H3. The molecule has 112 valence electrons. The summed E-state index contributed by atoms with van der Waals surface area (Å²) in [5.41, 5.74) is 0.254. The SMILES string of the molecule is CCOc1ccc(NCCC(C)(C)OC)c([N+](=O)[O-])c1. The molecule has 0 unspecified atom stereocenters. The summed E-state index contributed by atoms with van der Waals surface area (Å²) >= 11 is 0. The summed E-state index contributed by atoms with van der Waals surface area (Å²) in [4.78, 5) is 10.7. The Hall–Kier alpha value is -1.82. The van der Waals surface area contributed by atoms with Crippen LogP contribution in [0.3, 0.4) is 0 Å². The van der Waals surface area contributed by atoms with Gasteiger partial charge in [0.2, 0.25) is 0 Å². The summed E-state index contributed by atoms with van der Waals surface area (Å²) in [5, 5.41) is 14.2. The quantitative estimate of drug-likeness (QED) is 0.585. The lowest BCUT2D eigenvalue weighted by Gasteiger charge is -2.23. The molecule has 0 aliphatic heterocycles. The number of nitro benzene ring substituents is 1. The van der Waals surface area contributed by atoms with Crippen LogP contribution in [0.25, 0.3) is 0 Å². The summed E-state index contributed by atoms with van der Waals surface area (Å²) in [6.07, 6.45) is 0.744. The van der Waals surface area contributed by atoms with E-state index in [4.69, 9.17) is 9.47 Å². The highest BCUT2D eigenvalue weighted by Gasteiger charge is 2.18. The number of nitro groups is 1. The van der Waals surface area contributed by atoms with Gasteiger partial charge in [-0.3, -0.25) is 10.1 Å². The highest BCUT2D eigenvalue weighted by Crippen LogP contribution is 2.29. The second-order valence-electron chi connectivity index (χ2n) is 5.01. The molecule has 0 spiro atoms. The highest BCUT2D eigenvalue weighted by atomic mass is 16.6. The summed E-state index contributed by atoms with van der Waals surface area (Å²) in [6, 6.07) is 4.83. The van der Waals surface area contributed by atoms with Crippen LogP contribution in [0.5, 0.6) is 5.75 Å². The van der Waals surface area contributed by atoms with E-state index in [1.165, 1.54) is 6.07 Å². The molecule has 0 amide bonds. The Kier molecular flexibility index (Phi) is 5.76. The molecule has 0 atom stereocenters. The fourth-order valence-corrected chi connectivity index (χ4v) is 1.67. The Labute approximate surface area is 119 Å². The number of hydrogen-bond donors (Lipinski definition) is 1. The summed E-state index contributed by atoms with van der Waals surface area (Å²) in [6.45, 7) is 6.86. The van der Waals surface area contributed by atoms with E-state index in [-0.39, 0.29) is 11.3 Å². The molecule has 0 aliphatic carbocycles. The van der Waals surface area contributed by atoms with Gasteiger partial charge in [0.25, 0.3) is 5.69 Å². The molecule has 0 aliphatic rings. The van der Waals surface area contributed by atoms with Crippen molar-refractivity contribution in [2.75, 3.05) is 25.6 Å². The number of ether oxygens (including phenoxy) is 2. The van der Waals surface area contributed by atoms with Crippen LogP contribution in [0, 0.1) is 10.1 Å². The minimum absolute atomic E-state index is 0.0196. The minimum atomic E-state index is -0.410. The van der Waals surface area contributed by atoms with Crippen LogP contribution in [-0.2, 0) is 4.74 Å². The number of hydrogen-bond acceptors (Lipinski definition) is 5. The highest BCUT2D eigenvalue weighted by molar-refractivity contribution is 5.63. The molecule has 1 aromatic rings. The molecule has 6 nitrogen and oxygen atoms in total. The first-order valence-corrected chi connectivity index (χ1v) is 6.60. The van der Waals surface area contributed by atoms with Crippen molar-refractivity contribution >= 4 is 11.4 Å². The number of nitrogens with one attached hydrogen (secondary N) is 1. The number of methoxy groups -OCH3 is 1. The van der Waals surface area contributed by atoms with Crippen molar-refractivity contribution in [3.05, 3.63) is 28.3 Å². The zero-order chi connectivity index (χ0) is 15.2. The van der Waals surface area contributed by atoms with Crippen LogP contribution < -0.4 is 10.1 Å². The average molecular weight is 282 g/mol. The Morgan fingerprint density at radius 1 is 1.40 bits per heavy atom. The molecular weight excluding hydrogens is 260 g/mol. The zero-order valence-corrected chi connectivity index (χ0v) is 12.4. The molecule has 0 fully saturated rings. The molecule has 20 heavy (non-hydrogen) atoms. The van der Waals surface area contributed by atoms with Gasteiger partial charge >= 0.3 is 0 Å². The smallest absolute Gasteiger partial charge is 0.296 e. The maximum atomic E-state index is 11.1. The van der Waals surface area contributed by atoms with Crippen molar-refractivity contribution in [3.8, 4) is 5.75 Å². The minimum Gasteiger partial charge on any atom is -0.494 e. The number of benzene rings is 1. The van der Waals surface area contributed by atoms with E-state index < -0.39 is 4.92 Å². The largest absolute Gasteiger partial charge is 0.494 e. The van der Waals surface area contributed by atoms with E-state index in [1.807, 2.05) is 20.8 Å². The van der Waals surface area contributed by atoms with Gasteiger partial charge in [-0.25, -0.2) is 0 Å². The van der Waals surface area contributed by atoms with Gasteiger partial charge in [-0.15, -0.1) is 0 Å². The van der Waals surface area contributed by atoms with Crippen LogP contribution in [0.4, 0.5) is 11.4 Å². The van der Waals surface area contributed by atoms with E-state index in [0.717, 1.165) is 6.42 Å². The third-order valence-electron chi connectivity index (χ3n) is 3.07. The van der Waals surface area contributed by atoms with Crippen molar-refractivity contribution in [3.63, 3.8) is 0 Å². The fraction of sp³-hybridized carbons (Fsp3) is 0.571. The van der Waals surface area contributed by atoms with E-state index >= 15 is 0 Å².